The molecule has 0 spiro atoms. The number of nitrogens with one attached hydrogen (secondary N) is 1. The number of aryl methyl sites for hydroxylation is 5. The third-order valence-electron chi connectivity index (χ3n) is 3.88. The summed E-state index contributed by atoms with van der Waals surface area (Å²) < 4.78 is 27.4. The molecule has 0 aromatic heterocycles. The molecule has 0 unspecified atom stereocenters. The molecule has 4 heteroatoms. The highest BCUT2D eigenvalue weighted by Gasteiger charge is 2.10. The van der Waals surface area contributed by atoms with Crippen LogP contribution in [-0.2, 0) is 10.0 Å². The molecule has 0 aliphatic rings. The van der Waals surface area contributed by atoms with Gasteiger partial charge in [0.1, 0.15) is 0 Å². The standard InChI is InChI=1S/C19H23NO2S/c1-13-11-16(4)18(17(5)12-13)9-10-23(21,22)20-19-14(2)7-6-8-15(19)3/h6-12,20H,1-5H3. The summed E-state index contributed by atoms with van der Waals surface area (Å²) in [5.41, 5.74) is 6.72. The fourth-order valence-electron chi connectivity index (χ4n) is 2.76. The maximum Gasteiger partial charge on any atom is 0.255 e. The molecular formula is C19H23NO2S. The normalized spacial score (nSPS) is 11.9. The van der Waals surface area contributed by atoms with Crippen molar-refractivity contribution >= 4 is 21.8 Å². The van der Waals surface area contributed by atoms with Crippen LogP contribution in [0.15, 0.2) is 35.7 Å². The largest absolute Gasteiger partial charge is 0.280 e. The molecule has 0 atom stereocenters. The van der Waals surface area contributed by atoms with E-state index in [1.54, 1.807) is 6.08 Å². The van der Waals surface area contributed by atoms with Crippen LogP contribution in [0.5, 0.6) is 0 Å². The number of anilines is 1. The van der Waals surface area contributed by atoms with Crippen LogP contribution in [-0.4, -0.2) is 8.42 Å². The van der Waals surface area contributed by atoms with E-state index in [0.29, 0.717) is 5.69 Å². The van der Waals surface area contributed by atoms with Crippen LogP contribution in [0.25, 0.3) is 6.08 Å². The fourth-order valence-corrected chi connectivity index (χ4v) is 3.75. The van der Waals surface area contributed by atoms with Gasteiger partial charge >= 0.3 is 0 Å². The van der Waals surface area contributed by atoms with Crippen molar-refractivity contribution in [3.05, 3.63) is 69.1 Å². The minimum absolute atomic E-state index is 0.648. The first-order chi connectivity index (χ1) is 10.7. The van der Waals surface area contributed by atoms with Gasteiger partial charge in [0.05, 0.1) is 11.1 Å². The number of sulfonamides is 1. The lowest BCUT2D eigenvalue weighted by molar-refractivity contribution is 0.609. The fraction of sp³-hybridized carbons (Fsp3) is 0.263. The molecule has 0 fully saturated rings. The lowest BCUT2D eigenvalue weighted by Gasteiger charge is -2.11. The monoisotopic (exact) mass is 329 g/mol. The Morgan fingerprint density at radius 1 is 0.870 bits per heavy atom. The van der Waals surface area contributed by atoms with Crippen molar-refractivity contribution < 1.29 is 8.42 Å². The molecule has 0 radical (unpaired) electrons. The van der Waals surface area contributed by atoms with Crippen LogP contribution in [0.3, 0.4) is 0 Å². The predicted octanol–water partition coefficient (Wildman–Crippen LogP) is 4.64. The SMILES string of the molecule is Cc1cc(C)c(C=CS(=O)(=O)Nc2c(C)cccc2C)c(C)c1. The van der Waals surface area contributed by atoms with E-state index in [1.165, 1.54) is 11.0 Å². The Labute approximate surface area is 139 Å². The van der Waals surface area contributed by atoms with Crippen LogP contribution in [0.1, 0.15) is 33.4 Å². The average Bonchev–Trinajstić information content (AvgIpc) is 2.42. The van der Waals surface area contributed by atoms with Gasteiger partial charge in [-0.2, -0.15) is 0 Å². The van der Waals surface area contributed by atoms with E-state index in [1.807, 2.05) is 52.8 Å². The van der Waals surface area contributed by atoms with E-state index in [-0.39, 0.29) is 0 Å². The van der Waals surface area contributed by atoms with Crippen molar-refractivity contribution in [2.75, 3.05) is 4.72 Å². The Morgan fingerprint density at radius 2 is 1.39 bits per heavy atom. The van der Waals surface area contributed by atoms with Gasteiger partial charge in [0.25, 0.3) is 10.0 Å². The number of para-hydroxylation sites is 1. The Hall–Kier alpha value is -2.07. The Kier molecular flexibility index (Phi) is 4.95. The van der Waals surface area contributed by atoms with Gasteiger partial charge in [-0.1, -0.05) is 35.9 Å². The van der Waals surface area contributed by atoms with Crippen molar-refractivity contribution in [1.82, 2.24) is 0 Å². The Bertz CT molecular complexity index is 822. The van der Waals surface area contributed by atoms with Gasteiger partial charge in [-0.05, 0) is 68.5 Å². The van der Waals surface area contributed by atoms with E-state index in [2.05, 4.69) is 16.9 Å². The average molecular weight is 329 g/mol. The molecule has 2 aromatic rings. The molecule has 2 aromatic carbocycles. The van der Waals surface area contributed by atoms with Crippen LogP contribution in [0.2, 0.25) is 0 Å². The van der Waals surface area contributed by atoms with Crippen LogP contribution in [0.4, 0.5) is 5.69 Å². The van der Waals surface area contributed by atoms with Crippen molar-refractivity contribution in [3.63, 3.8) is 0 Å². The molecule has 1 N–H and O–H groups in total. The summed E-state index contributed by atoms with van der Waals surface area (Å²) in [6.07, 6.45) is 1.67. The van der Waals surface area contributed by atoms with Gasteiger partial charge in [0.2, 0.25) is 0 Å². The maximum atomic E-state index is 12.4. The zero-order valence-electron chi connectivity index (χ0n) is 14.3. The molecule has 2 rings (SSSR count). The van der Waals surface area contributed by atoms with Crippen LogP contribution in [0, 0.1) is 34.6 Å². The second kappa shape index (κ2) is 6.59. The summed E-state index contributed by atoms with van der Waals surface area (Å²) in [6.45, 7) is 9.80. The summed E-state index contributed by atoms with van der Waals surface area (Å²) in [5.74, 6) is 0. The summed E-state index contributed by atoms with van der Waals surface area (Å²) in [6, 6.07) is 9.80. The van der Waals surface area contributed by atoms with Crippen molar-refractivity contribution in [1.29, 1.82) is 0 Å². The smallest absolute Gasteiger partial charge is 0.255 e. The van der Waals surface area contributed by atoms with Crippen LogP contribution < -0.4 is 4.72 Å². The quantitative estimate of drug-likeness (QED) is 0.888. The molecular weight excluding hydrogens is 306 g/mol. The first-order valence-electron chi connectivity index (χ1n) is 7.54. The molecule has 0 saturated carbocycles. The highest BCUT2D eigenvalue weighted by atomic mass is 32.2. The number of rotatable bonds is 4. The number of benzene rings is 2. The maximum absolute atomic E-state index is 12.4. The summed E-state index contributed by atoms with van der Waals surface area (Å²) in [7, 11) is -3.55. The van der Waals surface area contributed by atoms with Gasteiger partial charge in [-0.3, -0.25) is 4.72 Å². The predicted molar refractivity (Wildman–Crippen MR) is 98.1 cm³/mol. The second-order valence-corrected chi connectivity index (χ2v) is 7.60. The lowest BCUT2D eigenvalue weighted by atomic mass is 10.0. The minimum Gasteiger partial charge on any atom is -0.280 e. The highest BCUT2D eigenvalue weighted by molar-refractivity contribution is 7.95. The van der Waals surface area contributed by atoms with Gasteiger partial charge in [0.15, 0.2) is 0 Å². The number of hydrogen-bond acceptors (Lipinski definition) is 2. The van der Waals surface area contributed by atoms with Crippen molar-refractivity contribution in [2.24, 2.45) is 0 Å². The molecule has 0 heterocycles. The molecule has 0 aliphatic heterocycles. The minimum atomic E-state index is -3.55. The van der Waals surface area contributed by atoms with Gasteiger partial charge in [0, 0.05) is 0 Å². The van der Waals surface area contributed by atoms with E-state index >= 15 is 0 Å². The lowest BCUT2D eigenvalue weighted by Crippen LogP contribution is -2.11. The first kappa shape index (κ1) is 17.3. The highest BCUT2D eigenvalue weighted by Crippen LogP contribution is 2.22. The van der Waals surface area contributed by atoms with E-state index in [0.717, 1.165) is 27.8 Å². The third kappa shape index (κ3) is 4.23. The molecule has 0 bridgehead atoms. The van der Waals surface area contributed by atoms with Gasteiger partial charge < -0.3 is 0 Å². The molecule has 23 heavy (non-hydrogen) atoms. The zero-order valence-corrected chi connectivity index (χ0v) is 15.1. The van der Waals surface area contributed by atoms with E-state index in [9.17, 15) is 8.42 Å². The second-order valence-electron chi connectivity index (χ2n) is 6.03. The van der Waals surface area contributed by atoms with Gasteiger partial charge in [-0.25, -0.2) is 8.42 Å². The van der Waals surface area contributed by atoms with Crippen molar-refractivity contribution in [3.8, 4) is 0 Å². The zero-order chi connectivity index (χ0) is 17.2. The molecule has 0 saturated heterocycles. The summed E-state index contributed by atoms with van der Waals surface area (Å²) in [4.78, 5) is 0. The summed E-state index contributed by atoms with van der Waals surface area (Å²) >= 11 is 0. The van der Waals surface area contributed by atoms with E-state index < -0.39 is 10.0 Å². The number of hydrogen-bond donors (Lipinski definition) is 1. The third-order valence-corrected chi connectivity index (χ3v) is 4.86. The molecule has 122 valence electrons. The Morgan fingerprint density at radius 3 is 1.91 bits per heavy atom. The summed E-state index contributed by atoms with van der Waals surface area (Å²) in [5, 5.41) is 1.24. The van der Waals surface area contributed by atoms with E-state index in [4.69, 9.17) is 0 Å². The van der Waals surface area contributed by atoms with Gasteiger partial charge in [-0.15, -0.1) is 0 Å². The topological polar surface area (TPSA) is 46.2 Å². The Balaban J connectivity index is 2.32. The van der Waals surface area contributed by atoms with Crippen LogP contribution >= 0.6 is 0 Å². The molecule has 0 aliphatic carbocycles. The van der Waals surface area contributed by atoms with Crippen molar-refractivity contribution in [2.45, 2.75) is 34.6 Å². The molecule has 0 amide bonds. The molecule has 3 nitrogen and oxygen atoms in total. The first-order valence-corrected chi connectivity index (χ1v) is 9.09.